The van der Waals surface area contributed by atoms with Crippen molar-refractivity contribution in [3.63, 3.8) is 0 Å². The van der Waals surface area contributed by atoms with Crippen molar-refractivity contribution in [3.05, 3.63) is 5.82 Å². The third-order valence-corrected chi connectivity index (χ3v) is 4.87. The molecule has 1 unspecified atom stereocenters. The number of carbonyl (C=O) groups excluding carboxylic acids is 2. The van der Waals surface area contributed by atoms with Crippen molar-refractivity contribution in [3.8, 4) is 0 Å². The minimum atomic E-state index is -0.378. The number of aromatic nitrogens is 3. The van der Waals surface area contributed by atoms with Crippen LogP contribution in [-0.4, -0.2) is 43.3 Å². The van der Waals surface area contributed by atoms with Crippen LogP contribution in [0.4, 0.5) is 0 Å². The number of likely N-dealkylation sites (tertiary alicyclic amines) is 1. The van der Waals surface area contributed by atoms with Crippen molar-refractivity contribution in [1.29, 1.82) is 0 Å². The van der Waals surface area contributed by atoms with E-state index in [-0.39, 0.29) is 23.5 Å². The average Bonchev–Trinajstić information content (AvgIpc) is 3.18. The van der Waals surface area contributed by atoms with E-state index in [0.717, 1.165) is 25.1 Å². The van der Waals surface area contributed by atoms with Crippen LogP contribution in [0.3, 0.4) is 0 Å². The van der Waals surface area contributed by atoms with Gasteiger partial charge in [-0.2, -0.15) is 0 Å². The Morgan fingerprint density at radius 3 is 2.71 bits per heavy atom. The van der Waals surface area contributed by atoms with Crippen molar-refractivity contribution in [2.24, 2.45) is 5.73 Å². The maximum atomic E-state index is 12.3. The summed E-state index contributed by atoms with van der Waals surface area (Å²) in [5, 5.41) is 8.58. The first-order chi connectivity index (χ1) is 10.2. The second-order valence-corrected chi connectivity index (χ2v) is 6.57. The van der Waals surface area contributed by atoms with Gasteiger partial charge in [0.15, 0.2) is 5.16 Å². The van der Waals surface area contributed by atoms with Crippen LogP contribution in [0, 0.1) is 0 Å². The zero-order chi connectivity index (χ0) is 15.0. The molecule has 3 rings (SSSR count). The highest BCUT2D eigenvalue weighted by Crippen LogP contribution is 2.40. The summed E-state index contributed by atoms with van der Waals surface area (Å²) < 4.78 is 2.03. The lowest BCUT2D eigenvalue weighted by atomic mass is 10.4. The number of nitrogens with two attached hydrogens (primary N) is 1. The van der Waals surface area contributed by atoms with Gasteiger partial charge in [-0.25, -0.2) is 0 Å². The molecule has 21 heavy (non-hydrogen) atoms. The summed E-state index contributed by atoms with van der Waals surface area (Å²) in [5.41, 5.74) is 5.69. The minimum absolute atomic E-state index is 0.0871. The second kappa shape index (κ2) is 5.76. The molecule has 1 aromatic rings. The molecule has 2 heterocycles. The molecule has 2 N–H and O–H groups in total. The molecule has 0 radical (unpaired) electrons. The zero-order valence-electron chi connectivity index (χ0n) is 12.0. The van der Waals surface area contributed by atoms with E-state index in [1.165, 1.54) is 16.7 Å². The van der Waals surface area contributed by atoms with Crippen LogP contribution in [0.2, 0.25) is 0 Å². The summed E-state index contributed by atoms with van der Waals surface area (Å²) in [6.45, 7) is 2.79. The van der Waals surface area contributed by atoms with Crippen molar-refractivity contribution >= 4 is 23.6 Å². The van der Waals surface area contributed by atoms with Gasteiger partial charge in [0.05, 0.1) is 6.54 Å². The van der Waals surface area contributed by atoms with Gasteiger partial charge in [0.1, 0.15) is 11.1 Å². The molecule has 0 bridgehead atoms. The summed E-state index contributed by atoms with van der Waals surface area (Å²) >= 11 is 1.35. The Labute approximate surface area is 127 Å². The number of nitrogens with zero attached hydrogens (tertiary/aromatic N) is 4. The topological polar surface area (TPSA) is 94.1 Å². The molecule has 2 amide bonds. The summed E-state index contributed by atoms with van der Waals surface area (Å²) in [6, 6.07) is 0.403. The van der Waals surface area contributed by atoms with Crippen LogP contribution in [0.5, 0.6) is 0 Å². The van der Waals surface area contributed by atoms with Crippen LogP contribution >= 0.6 is 11.8 Å². The number of rotatable bonds is 6. The molecule has 7 nitrogen and oxygen atoms in total. The molecule has 1 saturated carbocycles. The number of hydrogen-bond acceptors (Lipinski definition) is 6. The number of amides is 2. The standard InChI is InChI=1S/C13H19N5O2S/c1-2-5-17-11(19)6-9(12(17)20)21-13-16-15-10(7-14)18(13)8-3-4-8/h8-9H,2-7,14H2,1H3. The third-order valence-electron chi connectivity index (χ3n) is 3.73. The van der Waals surface area contributed by atoms with E-state index in [9.17, 15) is 9.59 Å². The van der Waals surface area contributed by atoms with Gasteiger partial charge < -0.3 is 10.3 Å². The molecular formula is C13H19N5O2S. The van der Waals surface area contributed by atoms with Crippen molar-refractivity contribution < 1.29 is 9.59 Å². The van der Waals surface area contributed by atoms with E-state index in [2.05, 4.69) is 10.2 Å². The predicted molar refractivity (Wildman–Crippen MR) is 77.5 cm³/mol. The lowest BCUT2D eigenvalue weighted by Crippen LogP contribution is -2.32. The first-order valence-corrected chi connectivity index (χ1v) is 8.18. The highest BCUT2D eigenvalue weighted by molar-refractivity contribution is 8.00. The Bertz CT molecular complexity index is 569. The lowest BCUT2D eigenvalue weighted by molar-refractivity contribution is -0.138. The van der Waals surface area contributed by atoms with E-state index >= 15 is 0 Å². The van der Waals surface area contributed by atoms with E-state index in [1.807, 2.05) is 11.5 Å². The summed E-state index contributed by atoms with van der Waals surface area (Å²) in [5.74, 6) is 0.560. The summed E-state index contributed by atoms with van der Waals surface area (Å²) in [4.78, 5) is 25.5. The molecule has 2 fully saturated rings. The first-order valence-electron chi connectivity index (χ1n) is 7.30. The maximum absolute atomic E-state index is 12.3. The van der Waals surface area contributed by atoms with Gasteiger partial charge in [0.25, 0.3) is 0 Å². The minimum Gasteiger partial charge on any atom is -0.324 e. The molecule has 1 aliphatic carbocycles. The van der Waals surface area contributed by atoms with Gasteiger partial charge in [-0.3, -0.25) is 14.5 Å². The Kier molecular flexibility index (Phi) is 3.99. The second-order valence-electron chi connectivity index (χ2n) is 5.40. The highest BCUT2D eigenvalue weighted by atomic mass is 32.2. The van der Waals surface area contributed by atoms with Crippen LogP contribution in [0.15, 0.2) is 5.16 Å². The third kappa shape index (κ3) is 2.69. The molecule has 0 aromatic carbocycles. The number of hydrogen-bond donors (Lipinski definition) is 1. The van der Waals surface area contributed by atoms with Crippen molar-refractivity contribution in [1.82, 2.24) is 19.7 Å². The fourth-order valence-electron chi connectivity index (χ4n) is 2.56. The highest BCUT2D eigenvalue weighted by Gasteiger charge is 2.40. The SMILES string of the molecule is CCCN1C(=O)CC(Sc2nnc(CN)n2C2CC2)C1=O. The fraction of sp³-hybridized carbons (Fsp3) is 0.692. The summed E-state index contributed by atoms with van der Waals surface area (Å²) in [7, 11) is 0. The van der Waals surface area contributed by atoms with Gasteiger partial charge in [-0.1, -0.05) is 18.7 Å². The number of carbonyl (C=O) groups is 2. The largest absolute Gasteiger partial charge is 0.324 e. The Hall–Kier alpha value is -1.41. The quantitative estimate of drug-likeness (QED) is 0.777. The van der Waals surface area contributed by atoms with Gasteiger partial charge in [-0.05, 0) is 19.3 Å². The number of thioether (sulfide) groups is 1. The number of imide groups is 1. The molecule has 0 spiro atoms. The van der Waals surface area contributed by atoms with Gasteiger partial charge in [0, 0.05) is 19.0 Å². The molecule has 2 aliphatic rings. The van der Waals surface area contributed by atoms with E-state index in [0.29, 0.717) is 24.3 Å². The van der Waals surface area contributed by atoms with Gasteiger partial charge in [-0.15, -0.1) is 10.2 Å². The van der Waals surface area contributed by atoms with Gasteiger partial charge >= 0.3 is 0 Å². The van der Waals surface area contributed by atoms with Crippen LogP contribution < -0.4 is 5.73 Å². The summed E-state index contributed by atoms with van der Waals surface area (Å²) in [6.07, 6.45) is 3.22. The fourth-order valence-corrected chi connectivity index (χ4v) is 3.72. The van der Waals surface area contributed by atoms with Crippen molar-refractivity contribution in [2.45, 2.75) is 55.6 Å². The van der Waals surface area contributed by atoms with E-state index in [4.69, 9.17) is 5.73 Å². The molecule has 1 aromatic heterocycles. The zero-order valence-corrected chi connectivity index (χ0v) is 12.8. The molecule has 114 valence electrons. The Morgan fingerprint density at radius 2 is 2.10 bits per heavy atom. The van der Waals surface area contributed by atoms with E-state index in [1.54, 1.807) is 0 Å². The first kappa shape index (κ1) is 14.5. The maximum Gasteiger partial charge on any atom is 0.243 e. The smallest absolute Gasteiger partial charge is 0.243 e. The van der Waals surface area contributed by atoms with Crippen LogP contribution in [0.25, 0.3) is 0 Å². The molecule has 8 heteroatoms. The Morgan fingerprint density at radius 1 is 1.33 bits per heavy atom. The average molecular weight is 309 g/mol. The molecule has 1 aliphatic heterocycles. The molecule has 1 atom stereocenters. The lowest BCUT2D eigenvalue weighted by Gasteiger charge is -2.13. The van der Waals surface area contributed by atoms with Crippen LogP contribution in [-0.2, 0) is 16.1 Å². The van der Waals surface area contributed by atoms with Crippen molar-refractivity contribution in [2.75, 3.05) is 6.54 Å². The molecular weight excluding hydrogens is 290 g/mol. The normalized spacial score (nSPS) is 22.4. The monoisotopic (exact) mass is 309 g/mol. The molecule has 1 saturated heterocycles. The van der Waals surface area contributed by atoms with Crippen LogP contribution in [0.1, 0.15) is 44.5 Å². The Balaban J connectivity index is 1.77. The van der Waals surface area contributed by atoms with E-state index < -0.39 is 0 Å². The van der Waals surface area contributed by atoms with Gasteiger partial charge in [0.2, 0.25) is 11.8 Å². The predicted octanol–water partition coefficient (Wildman–Crippen LogP) is 0.701.